The first-order valence-corrected chi connectivity index (χ1v) is 5.55. The van der Waals surface area contributed by atoms with Crippen molar-refractivity contribution in [1.82, 2.24) is 0 Å². The molecule has 4 atom stereocenters. The molecule has 1 aliphatic rings. The molecular formula is C12H24O. The van der Waals surface area contributed by atoms with Gasteiger partial charge in [0, 0.05) is 0 Å². The van der Waals surface area contributed by atoms with Gasteiger partial charge in [0.05, 0.1) is 11.7 Å². The highest BCUT2D eigenvalue weighted by Crippen LogP contribution is 2.41. The molecule has 1 saturated heterocycles. The lowest BCUT2D eigenvalue weighted by Gasteiger charge is -2.48. The lowest BCUT2D eigenvalue weighted by atomic mass is 9.71. The summed E-state index contributed by atoms with van der Waals surface area (Å²) in [5.74, 6) is 2.06. The van der Waals surface area contributed by atoms with Crippen LogP contribution in [0.4, 0.5) is 0 Å². The number of ether oxygens (including phenoxy) is 1. The van der Waals surface area contributed by atoms with Crippen molar-refractivity contribution < 1.29 is 4.74 Å². The third-order valence-corrected chi connectivity index (χ3v) is 4.06. The minimum absolute atomic E-state index is 0.0804. The van der Waals surface area contributed by atoms with Crippen molar-refractivity contribution in [3.8, 4) is 0 Å². The Labute approximate surface area is 82.9 Å². The van der Waals surface area contributed by atoms with E-state index in [1.165, 1.54) is 6.42 Å². The van der Waals surface area contributed by atoms with Gasteiger partial charge in [-0.1, -0.05) is 27.7 Å². The van der Waals surface area contributed by atoms with E-state index >= 15 is 0 Å². The van der Waals surface area contributed by atoms with Crippen LogP contribution in [0.25, 0.3) is 0 Å². The number of rotatable bonds is 1. The van der Waals surface area contributed by atoms with Crippen molar-refractivity contribution in [2.45, 2.75) is 59.7 Å². The fraction of sp³-hybridized carbons (Fsp3) is 1.00. The standard InChI is InChI=1S/C12H24O/c1-8(2)12(6)11(5)9(3)7-10(4)13-12/h8-11H,7H2,1-6H3. The van der Waals surface area contributed by atoms with Gasteiger partial charge in [0.25, 0.3) is 0 Å². The Bertz CT molecular complexity index is 176. The van der Waals surface area contributed by atoms with Crippen molar-refractivity contribution in [2.75, 3.05) is 0 Å². The molecular weight excluding hydrogens is 160 g/mol. The van der Waals surface area contributed by atoms with Crippen LogP contribution in [0, 0.1) is 17.8 Å². The molecule has 1 rings (SSSR count). The zero-order valence-corrected chi connectivity index (χ0v) is 9.92. The summed E-state index contributed by atoms with van der Waals surface area (Å²) in [6, 6.07) is 0. The second-order valence-electron chi connectivity index (χ2n) is 5.27. The van der Waals surface area contributed by atoms with E-state index in [9.17, 15) is 0 Å². The minimum Gasteiger partial charge on any atom is -0.372 e. The van der Waals surface area contributed by atoms with Gasteiger partial charge < -0.3 is 4.74 Å². The van der Waals surface area contributed by atoms with Crippen molar-refractivity contribution in [3.05, 3.63) is 0 Å². The molecule has 1 heteroatoms. The normalized spacial score (nSPS) is 46.8. The van der Waals surface area contributed by atoms with Crippen LogP contribution in [0.3, 0.4) is 0 Å². The summed E-state index contributed by atoms with van der Waals surface area (Å²) in [5.41, 5.74) is 0.0804. The van der Waals surface area contributed by atoms with Crippen LogP contribution in [0.5, 0.6) is 0 Å². The van der Waals surface area contributed by atoms with Crippen LogP contribution in [0.1, 0.15) is 48.0 Å². The molecule has 1 nitrogen and oxygen atoms in total. The van der Waals surface area contributed by atoms with E-state index in [-0.39, 0.29) is 5.60 Å². The van der Waals surface area contributed by atoms with Crippen LogP contribution in [0.15, 0.2) is 0 Å². The zero-order chi connectivity index (χ0) is 10.2. The van der Waals surface area contributed by atoms with Crippen molar-refractivity contribution in [3.63, 3.8) is 0 Å². The Morgan fingerprint density at radius 3 is 2.23 bits per heavy atom. The van der Waals surface area contributed by atoms with Gasteiger partial charge in [0.2, 0.25) is 0 Å². The maximum atomic E-state index is 6.12. The molecule has 1 fully saturated rings. The van der Waals surface area contributed by atoms with Crippen LogP contribution in [0.2, 0.25) is 0 Å². The summed E-state index contributed by atoms with van der Waals surface area (Å²) in [7, 11) is 0. The van der Waals surface area contributed by atoms with Gasteiger partial charge in [-0.25, -0.2) is 0 Å². The Morgan fingerprint density at radius 1 is 1.23 bits per heavy atom. The largest absolute Gasteiger partial charge is 0.372 e. The second-order valence-corrected chi connectivity index (χ2v) is 5.27. The molecule has 0 aromatic heterocycles. The predicted molar refractivity (Wildman–Crippen MR) is 56.7 cm³/mol. The molecule has 13 heavy (non-hydrogen) atoms. The van der Waals surface area contributed by atoms with Gasteiger partial charge in [-0.15, -0.1) is 0 Å². The lowest BCUT2D eigenvalue weighted by molar-refractivity contribution is -0.183. The van der Waals surface area contributed by atoms with E-state index < -0.39 is 0 Å². The number of hydrogen-bond acceptors (Lipinski definition) is 1. The van der Waals surface area contributed by atoms with Crippen molar-refractivity contribution in [1.29, 1.82) is 0 Å². The summed E-state index contributed by atoms with van der Waals surface area (Å²) in [5, 5.41) is 0. The fourth-order valence-electron chi connectivity index (χ4n) is 2.54. The third-order valence-electron chi connectivity index (χ3n) is 4.06. The molecule has 0 radical (unpaired) electrons. The molecule has 4 unspecified atom stereocenters. The molecule has 0 aliphatic carbocycles. The van der Waals surface area contributed by atoms with E-state index in [1.54, 1.807) is 0 Å². The Hall–Kier alpha value is -0.0400. The highest BCUT2D eigenvalue weighted by molar-refractivity contribution is 4.92. The van der Waals surface area contributed by atoms with Gasteiger partial charge in [0.1, 0.15) is 0 Å². The van der Waals surface area contributed by atoms with Crippen LogP contribution in [-0.4, -0.2) is 11.7 Å². The van der Waals surface area contributed by atoms with Gasteiger partial charge in [-0.05, 0) is 38.0 Å². The first-order chi connectivity index (χ1) is 5.88. The van der Waals surface area contributed by atoms with Crippen LogP contribution < -0.4 is 0 Å². The molecule has 0 spiro atoms. The molecule has 0 N–H and O–H groups in total. The molecule has 0 amide bonds. The Kier molecular flexibility index (Phi) is 3.06. The first kappa shape index (κ1) is 11.0. The van der Waals surface area contributed by atoms with Crippen molar-refractivity contribution >= 4 is 0 Å². The van der Waals surface area contributed by atoms with Gasteiger partial charge in [-0.3, -0.25) is 0 Å². The summed E-state index contributed by atoms with van der Waals surface area (Å²) in [6.07, 6.45) is 1.64. The highest BCUT2D eigenvalue weighted by atomic mass is 16.5. The molecule has 0 aromatic carbocycles. The van der Waals surface area contributed by atoms with Crippen LogP contribution >= 0.6 is 0 Å². The smallest absolute Gasteiger partial charge is 0.0708 e. The summed E-state index contributed by atoms with van der Waals surface area (Å²) in [4.78, 5) is 0. The maximum Gasteiger partial charge on any atom is 0.0708 e. The summed E-state index contributed by atoms with van der Waals surface area (Å²) >= 11 is 0. The van der Waals surface area contributed by atoms with Crippen LogP contribution in [-0.2, 0) is 4.74 Å². The molecule has 78 valence electrons. The van der Waals surface area contributed by atoms with E-state index in [1.807, 2.05) is 0 Å². The van der Waals surface area contributed by atoms with Gasteiger partial charge in [0.15, 0.2) is 0 Å². The Balaban J connectivity index is 2.82. The third kappa shape index (κ3) is 1.90. The maximum absolute atomic E-state index is 6.12. The average Bonchev–Trinajstić information content (AvgIpc) is 1.99. The zero-order valence-electron chi connectivity index (χ0n) is 9.92. The lowest BCUT2D eigenvalue weighted by Crippen LogP contribution is -2.50. The van der Waals surface area contributed by atoms with E-state index in [4.69, 9.17) is 4.74 Å². The second kappa shape index (κ2) is 3.61. The molecule has 1 aliphatic heterocycles. The Morgan fingerprint density at radius 2 is 1.77 bits per heavy atom. The molecule has 0 bridgehead atoms. The van der Waals surface area contributed by atoms with Gasteiger partial charge >= 0.3 is 0 Å². The first-order valence-electron chi connectivity index (χ1n) is 5.55. The number of hydrogen-bond donors (Lipinski definition) is 0. The van der Waals surface area contributed by atoms with Gasteiger partial charge in [-0.2, -0.15) is 0 Å². The molecule has 1 heterocycles. The predicted octanol–water partition coefficient (Wildman–Crippen LogP) is 3.48. The summed E-state index contributed by atoms with van der Waals surface area (Å²) < 4.78 is 6.12. The summed E-state index contributed by atoms with van der Waals surface area (Å²) in [6.45, 7) is 13.7. The monoisotopic (exact) mass is 184 g/mol. The van der Waals surface area contributed by atoms with E-state index in [0.29, 0.717) is 17.9 Å². The fourth-order valence-corrected chi connectivity index (χ4v) is 2.54. The average molecular weight is 184 g/mol. The molecule has 0 saturated carbocycles. The minimum atomic E-state index is 0.0804. The highest BCUT2D eigenvalue weighted by Gasteiger charge is 2.43. The quantitative estimate of drug-likeness (QED) is 0.606. The topological polar surface area (TPSA) is 9.23 Å². The van der Waals surface area contributed by atoms with Crippen molar-refractivity contribution in [2.24, 2.45) is 17.8 Å². The SMILES string of the molecule is CC1CC(C)C(C)C(C)(C(C)C)O1. The van der Waals surface area contributed by atoms with E-state index in [2.05, 4.69) is 41.5 Å². The van der Waals surface area contributed by atoms with E-state index in [0.717, 1.165) is 5.92 Å². The molecule has 0 aromatic rings.